The van der Waals surface area contributed by atoms with Crippen molar-refractivity contribution in [2.75, 3.05) is 18.4 Å². The summed E-state index contributed by atoms with van der Waals surface area (Å²) in [5, 5.41) is 12.9. The smallest absolute Gasteiger partial charge is 0.270 e. The third kappa shape index (κ3) is 4.65. The summed E-state index contributed by atoms with van der Waals surface area (Å²) in [7, 11) is -4.16. The number of nitrogens with one attached hydrogen (secondary N) is 1. The average molecular weight is 478 g/mol. The number of carbonyl (C=O) groups is 1. The second-order valence-electron chi connectivity index (χ2n) is 6.76. The van der Waals surface area contributed by atoms with E-state index < -0.39 is 60.5 Å². The first-order valence-corrected chi connectivity index (χ1v) is 10.7. The van der Waals surface area contributed by atoms with Crippen molar-refractivity contribution in [3.8, 4) is 0 Å². The van der Waals surface area contributed by atoms with Crippen LogP contribution in [0.25, 0.3) is 0 Å². The van der Waals surface area contributed by atoms with E-state index in [1.807, 2.05) is 0 Å². The zero-order valence-electron chi connectivity index (χ0n) is 15.6. The quantitative estimate of drug-likeness (QED) is 0.401. The Kier molecular flexibility index (Phi) is 6.53. The highest BCUT2D eigenvalue weighted by Crippen LogP contribution is 2.31. The van der Waals surface area contributed by atoms with Crippen molar-refractivity contribution in [3.63, 3.8) is 0 Å². The Morgan fingerprint density at radius 2 is 1.77 bits per heavy atom. The molecule has 2 aromatic carbocycles. The number of rotatable bonds is 5. The first-order chi connectivity index (χ1) is 14.5. The van der Waals surface area contributed by atoms with Gasteiger partial charge in [-0.3, -0.25) is 14.9 Å². The summed E-state index contributed by atoms with van der Waals surface area (Å²) in [4.78, 5) is 22.1. The Bertz CT molecular complexity index is 1150. The van der Waals surface area contributed by atoms with Crippen LogP contribution in [0.1, 0.15) is 12.8 Å². The van der Waals surface area contributed by atoms with E-state index in [0.29, 0.717) is 6.07 Å². The van der Waals surface area contributed by atoms with Gasteiger partial charge in [0.1, 0.15) is 4.90 Å². The SMILES string of the molecule is O=C(Nc1ccc(F)c(F)c1F)C1CCN(S(=O)(=O)c2cc([N+](=O)[O-])ccc2Cl)CC1. The fraction of sp³-hybridized carbons (Fsp3) is 0.278. The van der Waals surface area contributed by atoms with Crippen molar-refractivity contribution >= 4 is 38.9 Å². The summed E-state index contributed by atoms with van der Waals surface area (Å²) in [6.45, 7) is -0.195. The van der Waals surface area contributed by atoms with Crippen LogP contribution in [0.15, 0.2) is 35.2 Å². The molecule has 0 unspecified atom stereocenters. The summed E-state index contributed by atoms with van der Waals surface area (Å²) in [6.07, 6.45) is 0.117. The molecule has 1 fully saturated rings. The second kappa shape index (κ2) is 8.81. The molecular weight excluding hydrogens is 463 g/mol. The number of nitro groups is 1. The number of piperidine rings is 1. The number of sulfonamides is 1. The number of amides is 1. The summed E-state index contributed by atoms with van der Waals surface area (Å²) >= 11 is 5.93. The lowest BCUT2D eigenvalue weighted by Gasteiger charge is -2.30. The van der Waals surface area contributed by atoms with Gasteiger partial charge in [0.05, 0.1) is 15.6 Å². The predicted octanol–water partition coefficient (Wildman–Crippen LogP) is 3.70. The van der Waals surface area contributed by atoms with Crippen molar-refractivity contribution in [1.82, 2.24) is 4.31 Å². The Morgan fingerprint density at radius 1 is 1.13 bits per heavy atom. The number of hydrogen-bond acceptors (Lipinski definition) is 5. The molecule has 1 aliphatic rings. The molecule has 3 rings (SSSR count). The molecule has 0 atom stereocenters. The number of benzene rings is 2. The van der Waals surface area contributed by atoms with Gasteiger partial charge in [-0.2, -0.15) is 4.31 Å². The van der Waals surface area contributed by atoms with E-state index in [1.165, 1.54) is 0 Å². The largest absolute Gasteiger partial charge is 0.323 e. The highest BCUT2D eigenvalue weighted by atomic mass is 35.5. The van der Waals surface area contributed by atoms with Gasteiger partial charge in [-0.25, -0.2) is 21.6 Å². The predicted molar refractivity (Wildman–Crippen MR) is 105 cm³/mol. The Labute approximate surface area is 179 Å². The number of halogens is 4. The highest BCUT2D eigenvalue weighted by molar-refractivity contribution is 7.89. The van der Waals surface area contributed by atoms with Gasteiger partial charge in [-0.05, 0) is 31.0 Å². The number of nitro benzene ring substituents is 1. The molecule has 1 amide bonds. The number of anilines is 1. The topological polar surface area (TPSA) is 110 Å². The van der Waals surface area contributed by atoms with E-state index in [1.54, 1.807) is 0 Å². The molecule has 0 aliphatic carbocycles. The minimum Gasteiger partial charge on any atom is -0.323 e. The summed E-state index contributed by atoms with van der Waals surface area (Å²) in [5.41, 5.74) is -0.965. The van der Waals surface area contributed by atoms with E-state index >= 15 is 0 Å². The number of carbonyl (C=O) groups excluding carboxylic acids is 1. The van der Waals surface area contributed by atoms with Crippen LogP contribution in [0.2, 0.25) is 5.02 Å². The minimum absolute atomic E-state index is 0.0584. The fourth-order valence-electron chi connectivity index (χ4n) is 3.16. The molecule has 1 aliphatic heterocycles. The maximum Gasteiger partial charge on any atom is 0.270 e. The van der Waals surface area contributed by atoms with E-state index in [-0.39, 0.29) is 31.0 Å². The molecule has 0 radical (unpaired) electrons. The monoisotopic (exact) mass is 477 g/mol. The number of hydrogen-bond donors (Lipinski definition) is 1. The Balaban J connectivity index is 1.70. The standard InChI is InChI=1S/C18H15ClF3N3O5S/c19-12-2-1-11(25(27)28)9-15(12)31(29,30)24-7-5-10(6-8-24)18(26)23-14-4-3-13(20)16(21)17(14)22/h1-4,9-10H,5-8H2,(H,23,26). The molecular formula is C18H15ClF3N3O5S. The molecule has 31 heavy (non-hydrogen) atoms. The molecule has 0 saturated carbocycles. The van der Waals surface area contributed by atoms with Gasteiger partial charge in [0.15, 0.2) is 17.5 Å². The van der Waals surface area contributed by atoms with Crippen LogP contribution in [-0.4, -0.2) is 36.6 Å². The van der Waals surface area contributed by atoms with E-state index in [2.05, 4.69) is 5.32 Å². The molecule has 166 valence electrons. The third-order valence-corrected chi connectivity index (χ3v) is 7.24. The van der Waals surface area contributed by atoms with E-state index in [9.17, 15) is 36.5 Å². The highest BCUT2D eigenvalue weighted by Gasteiger charge is 2.34. The van der Waals surface area contributed by atoms with Crippen LogP contribution in [-0.2, 0) is 14.8 Å². The summed E-state index contributed by atoms with van der Waals surface area (Å²) in [5.74, 6) is -6.02. The van der Waals surface area contributed by atoms with Gasteiger partial charge >= 0.3 is 0 Å². The molecule has 0 spiro atoms. The minimum atomic E-state index is -4.16. The summed E-state index contributed by atoms with van der Waals surface area (Å²) < 4.78 is 66.8. The first-order valence-electron chi connectivity index (χ1n) is 8.91. The Hall–Kier alpha value is -2.70. The molecule has 0 bridgehead atoms. The first kappa shape index (κ1) is 23.0. The molecule has 1 N–H and O–H groups in total. The average Bonchev–Trinajstić information content (AvgIpc) is 2.74. The van der Waals surface area contributed by atoms with Crippen molar-refractivity contribution < 1.29 is 31.3 Å². The van der Waals surface area contributed by atoms with Gasteiger partial charge < -0.3 is 5.32 Å². The Morgan fingerprint density at radius 3 is 2.39 bits per heavy atom. The van der Waals surface area contributed by atoms with Gasteiger partial charge in [-0.1, -0.05) is 11.6 Å². The maximum absolute atomic E-state index is 13.7. The van der Waals surface area contributed by atoms with Gasteiger partial charge in [0.25, 0.3) is 5.69 Å². The van der Waals surface area contributed by atoms with Crippen LogP contribution in [0.5, 0.6) is 0 Å². The second-order valence-corrected chi connectivity index (χ2v) is 9.08. The zero-order valence-corrected chi connectivity index (χ0v) is 17.2. The lowest BCUT2D eigenvalue weighted by Crippen LogP contribution is -2.41. The lowest BCUT2D eigenvalue weighted by molar-refractivity contribution is -0.385. The molecule has 13 heteroatoms. The number of non-ortho nitro benzene ring substituents is 1. The maximum atomic E-state index is 13.7. The van der Waals surface area contributed by atoms with Crippen LogP contribution in [0, 0.1) is 33.5 Å². The third-order valence-electron chi connectivity index (χ3n) is 4.86. The molecule has 2 aromatic rings. The molecule has 0 aromatic heterocycles. The van der Waals surface area contributed by atoms with Crippen molar-refractivity contribution in [3.05, 3.63) is 62.9 Å². The molecule has 1 saturated heterocycles. The van der Waals surface area contributed by atoms with Crippen LogP contribution >= 0.6 is 11.6 Å². The fourth-order valence-corrected chi connectivity index (χ4v) is 5.12. The number of nitrogens with zero attached hydrogens (tertiary/aromatic N) is 2. The van der Waals surface area contributed by atoms with Crippen LogP contribution in [0.4, 0.5) is 24.5 Å². The van der Waals surface area contributed by atoms with Crippen LogP contribution in [0.3, 0.4) is 0 Å². The molecule has 1 heterocycles. The van der Waals surface area contributed by atoms with Gasteiger partial charge in [0, 0.05) is 31.1 Å². The van der Waals surface area contributed by atoms with E-state index in [4.69, 9.17) is 11.6 Å². The zero-order chi connectivity index (χ0) is 22.9. The normalized spacial score (nSPS) is 15.6. The lowest BCUT2D eigenvalue weighted by atomic mass is 9.97. The van der Waals surface area contributed by atoms with Gasteiger partial charge in [-0.15, -0.1) is 0 Å². The van der Waals surface area contributed by atoms with Crippen molar-refractivity contribution in [1.29, 1.82) is 0 Å². The van der Waals surface area contributed by atoms with Gasteiger partial charge in [0.2, 0.25) is 15.9 Å². The van der Waals surface area contributed by atoms with E-state index in [0.717, 1.165) is 28.6 Å². The van der Waals surface area contributed by atoms with Crippen LogP contribution < -0.4 is 5.32 Å². The molecule has 8 nitrogen and oxygen atoms in total. The summed E-state index contributed by atoms with van der Waals surface area (Å²) in [6, 6.07) is 4.61. The van der Waals surface area contributed by atoms with Crippen molar-refractivity contribution in [2.24, 2.45) is 5.92 Å². The van der Waals surface area contributed by atoms with Crippen molar-refractivity contribution in [2.45, 2.75) is 17.7 Å².